The van der Waals surface area contributed by atoms with Gasteiger partial charge in [-0.25, -0.2) is 17.6 Å². The van der Waals surface area contributed by atoms with Crippen LogP contribution in [0.15, 0.2) is 0 Å². The number of hydrogen-bond acceptors (Lipinski definition) is 0. The zero-order chi connectivity index (χ0) is 9.56. The van der Waals surface area contributed by atoms with Crippen molar-refractivity contribution in [1.29, 1.82) is 0 Å². The topological polar surface area (TPSA) is 0 Å². The van der Waals surface area contributed by atoms with Crippen molar-refractivity contribution in [2.45, 2.75) is 30.4 Å². The molecule has 0 aromatic heterocycles. The van der Waals surface area contributed by atoms with Crippen LogP contribution in [0.5, 0.6) is 0 Å². The molecular weight excluding hydrogens is 204 g/mol. The fraction of sp³-hybridized carbons (Fsp3) is 1.00. The number of alkyl halides is 4. The summed E-state index contributed by atoms with van der Waals surface area (Å²) >= 11 is 0. The van der Waals surface area contributed by atoms with Crippen LogP contribution >= 0.6 is 0 Å². The molecule has 12 heavy (non-hydrogen) atoms. The van der Waals surface area contributed by atoms with E-state index in [9.17, 15) is 17.6 Å². The standard InChI is InChI=1S/C6H14F4Si2/c1-4(12-6(9)10)11-3-5(8)2-7/h4-6H,2-3,11-12H2,1H3. The van der Waals surface area contributed by atoms with Crippen molar-refractivity contribution < 1.29 is 17.6 Å². The molecule has 0 aromatic carbocycles. The summed E-state index contributed by atoms with van der Waals surface area (Å²) in [5.74, 6) is 0. The van der Waals surface area contributed by atoms with E-state index in [1.165, 1.54) is 0 Å². The summed E-state index contributed by atoms with van der Waals surface area (Å²) in [7, 11) is -2.14. The van der Waals surface area contributed by atoms with Crippen LogP contribution < -0.4 is 0 Å². The molecule has 0 N–H and O–H groups in total. The third-order valence-corrected chi connectivity index (χ3v) is 7.05. The van der Waals surface area contributed by atoms with E-state index in [-0.39, 0.29) is 11.2 Å². The van der Waals surface area contributed by atoms with Crippen LogP contribution in [0.4, 0.5) is 17.6 Å². The lowest BCUT2D eigenvalue weighted by atomic mass is 10.5. The number of halogens is 4. The monoisotopic (exact) mass is 218 g/mol. The molecule has 0 aliphatic rings. The Kier molecular flexibility index (Phi) is 6.73. The van der Waals surface area contributed by atoms with Crippen LogP contribution in [0.25, 0.3) is 0 Å². The summed E-state index contributed by atoms with van der Waals surface area (Å²) < 4.78 is 47.5. The highest BCUT2D eigenvalue weighted by Gasteiger charge is 2.14. The minimum Gasteiger partial charge on any atom is -0.248 e. The van der Waals surface area contributed by atoms with Crippen LogP contribution in [0.1, 0.15) is 6.92 Å². The SMILES string of the molecule is CC([SiH2]CC(F)CF)[SiH2]C(F)F. The van der Waals surface area contributed by atoms with Gasteiger partial charge in [-0.2, -0.15) is 0 Å². The first-order valence-corrected chi connectivity index (χ1v) is 7.49. The number of hydrogen-bond donors (Lipinski definition) is 0. The van der Waals surface area contributed by atoms with Crippen molar-refractivity contribution in [3.05, 3.63) is 0 Å². The Morgan fingerprint density at radius 1 is 1.25 bits per heavy atom. The van der Waals surface area contributed by atoms with Gasteiger partial charge in [-0.05, 0) is 6.04 Å². The summed E-state index contributed by atoms with van der Waals surface area (Å²) in [5.41, 5.74) is 0. The molecule has 0 aliphatic heterocycles. The predicted octanol–water partition coefficient (Wildman–Crippen LogP) is 1.04. The van der Waals surface area contributed by atoms with Crippen LogP contribution in [0.3, 0.4) is 0 Å². The molecule has 0 saturated carbocycles. The van der Waals surface area contributed by atoms with Gasteiger partial charge in [0.15, 0.2) is 0 Å². The molecule has 0 aromatic rings. The van der Waals surface area contributed by atoms with E-state index in [1.807, 2.05) is 0 Å². The van der Waals surface area contributed by atoms with Gasteiger partial charge in [-0.1, -0.05) is 12.1 Å². The van der Waals surface area contributed by atoms with E-state index < -0.39 is 37.9 Å². The molecule has 0 bridgehead atoms. The smallest absolute Gasteiger partial charge is 0.214 e. The normalized spacial score (nSPS) is 18.5. The van der Waals surface area contributed by atoms with Crippen molar-refractivity contribution in [3.8, 4) is 0 Å². The first kappa shape index (κ1) is 12.2. The Labute approximate surface area is 74.4 Å². The highest BCUT2D eigenvalue weighted by molar-refractivity contribution is 6.59. The maximum Gasteiger partial charge on any atom is 0.214 e. The quantitative estimate of drug-likeness (QED) is 0.461. The van der Waals surface area contributed by atoms with Crippen molar-refractivity contribution in [1.82, 2.24) is 0 Å². The minimum absolute atomic E-state index is 0.0507. The van der Waals surface area contributed by atoms with E-state index in [4.69, 9.17) is 0 Å². The summed E-state index contributed by atoms with van der Waals surface area (Å²) in [6.07, 6.45) is -1.40. The van der Waals surface area contributed by atoms with Gasteiger partial charge in [0.05, 0.1) is 0 Å². The fourth-order valence-electron chi connectivity index (χ4n) is 0.965. The molecule has 0 saturated heterocycles. The average Bonchev–Trinajstić information content (AvgIpc) is 1.99. The van der Waals surface area contributed by atoms with Crippen LogP contribution in [-0.2, 0) is 0 Å². The third-order valence-electron chi connectivity index (χ3n) is 1.72. The summed E-state index contributed by atoms with van der Waals surface area (Å²) in [4.78, 5) is 0. The second kappa shape index (κ2) is 6.65. The van der Waals surface area contributed by atoms with Gasteiger partial charge in [0, 0.05) is 9.52 Å². The molecule has 2 atom stereocenters. The molecule has 0 rings (SSSR count). The Balaban J connectivity index is 3.36. The molecule has 0 heterocycles. The van der Waals surface area contributed by atoms with Crippen molar-refractivity contribution in [2.24, 2.45) is 0 Å². The summed E-state index contributed by atoms with van der Waals surface area (Å²) in [6.45, 7) is 0.783. The molecule has 74 valence electrons. The van der Waals surface area contributed by atoms with E-state index in [2.05, 4.69) is 0 Å². The summed E-state index contributed by atoms with van der Waals surface area (Å²) in [6, 6.07) is -1.95. The van der Waals surface area contributed by atoms with Gasteiger partial charge >= 0.3 is 0 Å². The maximum atomic E-state index is 12.3. The maximum absolute atomic E-state index is 12.3. The zero-order valence-corrected chi connectivity index (χ0v) is 9.90. The number of rotatable bonds is 6. The van der Waals surface area contributed by atoms with Gasteiger partial charge in [0.25, 0.3) is 0 Å². The second-order valence-corrected chi connectivity index (χ2v) is 9.25. The van der Waals surface area contributed by atoms with E-state index in [1.54, 1.807) is 6.92 Å². The fourth-order valence-corrected chi connectivity index (χ4v) is 5.06. The Morgan fingerprint density at radius 2 is 1.83 bits per heavy atom. The highest BCUT2D eigenvalue weighted by Crippen LogP contribution is 2.09. The van der Waals surface area contributed by atoms with Crippen LogP contribution in [-0.4, -0.2) is 37.9 Å². The Hall–Kier alpha value is 0.154. The molecule has 0 aliphatic carbocycles. The highest BCUT2D eigenvalue weighted by atomic mass is 28.3. The largest absolute Gasteiger partial charge is 0.248 e. The van der Waals surface area contributed by atoms with Crippen molar-refractivity contribution in [2.75, 3.05) is 6.67 Å². The predicted molar refractivity (Wildman–Crippen MR) is 48.2 cm³/mol. The lowest BCUT2D eigenvalue weighted by molar-refractivity contribution is 0.237. The lowest BCUT2D eigenvalue weighted by Crippen LogP contribution is -2.18. The van der Waals surface area contributed by atoms with Gasteiger partial charge < -0.3 is 0 Å². The molecular formula is C6H14F4Si2. The van der Waals surface area contributed by atoms with Gasteiger partial charge in [0.1, 0.15) is 22.4 Å². The van der Waals surface area contributed by atoms with E-state index in [0.717, 1.165) is 0 Å². The van der Waals surface area contributed by atoms with E-state index in [0.29, 0.717) is 0 Å². The second-order valence-electron chi connectivity index (χ2n) is 3.06. The first-order valence-electron chi connectivity index (χ1n) is 4.04. The molecule has 0 fully saturated rings. The third kappa shape index (κ3) is 6.84. The first-order chi connectivity index (χ1) is 5.56. The molecule has 6 heteroatoms. The van der Waals surface area contributed by atoms with Gasteiger partial charge in [-0.15, -0.1) is 0 Å². The van der Waals surface area contributed by atoms with Crippen LogP contribution in [0, 0.1) is 0 Å². The summed E-state index contributed by atoms with van der Waals surface area (Å²) in [5, 5.41) is 0.0507. The lowest BCUT2D eigenvalue weighted by Gasteiger charge is -2.09. The van der Waals surface area contributed by atoms with Crippen molar-refractivity contribution in [3.63, 3.8) is 0 Å². The minimum atomic E-state index is -2.17. The average molecular weight is 218 g/mol. The molecule has 0 nitrogen and oxygen atoms in total. The molecule has 0 radical (unpaired) electrons. The van der Waals surface area contributed by atoms with Crippen molar-refractivity contribution >= 4 is 19.0 Å². The molecule has 0 amide bonds. The Bertz CT molecular complexity index is 112. The zero-order valence-electron chi connectivity index (χ0n) is 7.07. The molecule has 2 unspecified atom stereocenters. The van der Waals surface area contributed by atoms with Gasteiger partial charge in [-0.3, -0.25) is 0 Å². The van der Waals surface area contributed by atoms with Gasteiger partial charge in [0.2, 0.25) is 6.05 Å². The molecule has 0 spiro atoms. The Morgan fingerprint density at radius 3 is 2.25 bits per heavy atom. The van der Waals surface area contributed by atoms with E-state index >= 15 is 0 Å². The van der Waals surface area contributed by atoms with Crippen LogP contribution in [0.2, 0.25) is 11.2 Å².